The maximum absolute atomic E-state index is 11.2. The van der Waals surface area contributed by atoms with Crippen LogP contribution in [0.4, 0.5) is 4.79 Å². The summed E-state index contributed by atoms with van der Waals surface area (Å²) in [4.78, 5) is 18.3. The molecule has 2 N–H and O–H groups in total. The van der Waals surface area contributed by atoms with Crippen molar-refractivity contribution >= 4 is 6.09 Å². The number of ether oxygens (including phenoxy) is 1. The first-order valence-corrected chi connectivity index (χ1v) is 8.40. The molecule has 1 aromatic heterocycles. The zero-order chi connectivity index (χ0) is 16.7. The number of primary amides is 1. The molecule has 0 unspecified atom stereocenters. The van der Waals surface area contributed by atoms with Gasteiger partial charge >= 0.3 is 6.09 Å². The average Bonchev–Trinajstić information content (AvgIpc) is 2.91. The van der Waals surface area contributed by atoms with Crippen LogP contribution in [-0.2, 0) is 18.4 Å². The van der Waals surface area contributed by atoms with E-state index in [0.29, 0.717) is 5.88 Å². The van der Waals surface area contributed by atoms with E-state index in [4.69, 9.17) is 10.5 Å². The number of hydrogen-bond acceptors (Lipinski definition) is 4. The van der Waals surface area contributed by atoms with Gasteiger partial charge in [-0.3, -0.25) is 4.57 Å². The molecule has 0 saturated carbocycles. The van der Waals surface area contributed by atoms with Crippen LogP contribution in [0, 0.1) is 0 Å². The van der Waals surface area contributed by atoms with Crippen molar-refractivity contribution in [2.24, 2.45) is 5.73 Å². The van der Waals surface area contributed by atoms with Crippen LogP contribution in [0.25, 0.3) is 0 Å². The second-order valence-corrected chi connectivity index (χ2v) is 6.79. The van der Waals surface area contributed by atoms with Gasteiger partial charge in [-0.05, 0) is 50.5 Å². The van der Waals surface area contributed by atoms with Crippen LogP contribution in [0.2, 0.25) is 0 Å². The van der Waals surface area contributed by atoms with Crippen molar-refractivity contribution in [2.45, 2.75) is 31.2 Å². The standard InChI is InChI=1S/C18H22N4O2/c1-21-10-7-18(8-11-21)14-5-3-2-4-13(14)6-9-22-15(24-17(19)23)12-20-16(18)22/h2-5,12H,6-11H2,1H3,(H2,19,23). The third-order valence-electron chi connectivity index (χ3n) is 5.43. The maximum atomic E-state index is 11.2. The van der Waals surface area contributed by atoms with E-state index < -0.39 is 6.09 Å². The van der Waals surface area contributed by atoms with Crippen molar-refractivity contribution in [2.75, 3.05) is 20.1 Å². The van der Waals surface area contributed by atoms with Gasteiger partial charge in [0.15, 0.2) is 0 Å². The highest BCUT2D eigenvalue weighted by atomic mass is 16.6. The number of amides is 1. The van der Waals surface area contributed by atoms with Crippen molar-refractivity contribution in [1.82, 2.24) is 14.5 Å². The largest absolute Gasteiger partial charge is 0.411 e. The highest BCUT2D eigenvalue weighted by Gasteiger charge is 2.43. The third kappa shape index (κ3) is 2.29. The maximum Gasteiger partial charge on any atom is 0.411 e. The fourth-order valence-electron chi connectivity index (χ4n) is 4.19. The number of nitrogens with two attached hydrogens (primary N) is 1. The minimum Gasteiger partial charge on any atom is -0.392 e. The van der Waals surface area contributed by atoms with Gasteiger partial charge in [-0.15, -0.1) is 0 Å². The monoisotopic (exact) mass is 326 g/mol. The van der Waals surface area contributed by atoms with E-state index in [1.165, 1.54) is 11.1 Å². The van der Waals surface area contributed by atoms with Gasteiger partial charge in [0.1, 0.15) is 5.82 Å². The molecule has 0 radical (unpaired) electrons. The van der Waals surface area contributed by atoms with Crippen molar-refractivity contribution in [3.05, 3.63) is 47.4 Å². The minimum absolute atomic E-state index is 0.126. The number of nitrogens with zero attached hydrogens (tertiary/aromatic N) is 3. The SMILES string of the molecule is CN1CCC2(CC1)c1ccccc1CCn1c(OC(N)=O)cnc12. The molecule has 24 heavy (non-hydrogen) atoms. The Kier molecular flexibility index (Phi) is 3.57. The Bertz CT molecular complexity index is 775. The Morgan fingerprint density at radius 1 is 1.25 bits per heavy atom. The van der Waals surface area contributed by atoms with E-state index in [1.54, 1.807) is 6.20 Å². The molecule has 1 aromatic carbocycles. The number of carbonyl (C=O) groups is 1. The van der Waals surface area contributed by atoms with Gasteiger partial charge in [0.05, 0.1) is 11.6 Å². The summed E-state index contributed by atoms with van der Waals surface area (Å²) in [5.41, 5.74) is 7.82. The Labute approximate surface area is 141 Å². The molecule has 0 aliphatic carbocycles. The first kappa shape index (κ1) is 15.2. The number of likely N-dealkylation sites (tertiary alicyclic amines) is 1. The normalized spacial score (nSPS) is 19.4. The average molecular weight is 326 g/mol. The lowest BCUT2D eigenvalue weighted by Crippen LogP contribution is -2.43. The van der Waals surface area contributed by atoms with Gasteiger partial charge in [-0.2, -0.15) is 0 Å². The zero-order valence-electron chi connectivity index (χ0n) is 13.9. The molecule has 126 valence electrons. The molecule has 0 bridgehead atoms. The molecule has 6 nitrogen and oxygen atoms in total. The summed E-state index contributed by atoms with van der Waals surface area (Å²) in [5.74, 6) is 1.44. The number of aromatic nitrogens is 2. The lowest BCUT2D eigenvalue weighted by Gasteiger charge is -2.40. The highest BCUT2D eigenvalue weighted by Crippen LogP contribution is 2.45. The number of benzene rings is 1. The molecule has 6 heteroatoms. The summed E-state index contributed by atoms with van der Waals surface area (Å²) >= 11 is 0. The second-order valence-electron chi connectivity index (χ2n) is 6.79. The van der Waals surface area contributed by atoms with E-state index in [0.717, 1.165) is 44.7 Å². The molecule has 1 spiro atoms. The quantitative estimate of drug-likeness (QED) is 0.869. The number of carbonyl (C=O) groups excluding carboxylic acids is 1. The summed E-state index contributed by atoms with van der Waals surface area (Å²) < 4.78 is 7.23. The van der Waals surface area contributed by atoms with Gasteiger partial charge in [0.2, 0.25) is 5.88 Å². The summed E-state index contributed by atoms with van der Waals surface area (Å²) in [6.07, 6.45) is 3.75. The van der Waals surface area contributed by atoms with Crippen LogP contribution in [0.15, 0.2) is 30.5 Å². The molecule has 1 fully saturated rings. The fourth-order valence-corrected chi connectivity index (χ4v) is 4.19. The molecular weight excluding hydrogens is 304 g/mol. The molecular formula is C18H22N4O2. The second kappa shape index (κ2) is 5.63. The van der Waals surface area contributed by atoms with Crippen molar-refractivity contribution in [3.63, 3.8) is 0 Å². The van der Waals surface area contributed by atoms with Crippen LogP contribution < -0.4 is 10.5 Å². The molecule has 2 aliphatic rings. The predicted molar refractivity (Wildman–Crippen MR) is 90.1 cm³/mol. The Morgan fingerprint density at radius 2 is 2.00 bits per heavy atom. The van der Waals surface area contributed by atoms with Crippen LogP contribution in [0.3, 0.4) is 0 Å². The summed E-state index contributed by atoms with van der Waals surface area (Å²) in [6, 6.07) is 8.64. The lowest BCUT2D eigenvalue weighted by molar-refractivity contribution is 0.199. The van der Waals surface area contributed by atoms with Crippen LogP contribution in [0.5, 0.6) is 5.88 Å². The van der Waals surface area contributed by atoms with Crippen molar-refractivity contribution < 1.29 is 9.53 Å². The number of hydrogen-bond donors (Lipinski definition) is 1. The van der Waals surface area contributed by atoms with E-state index in [2.05, 4.69) is 41.2 Å². The van der Waals surface area contributed by atoms with Crippen LogP contribution in [0.1, 0.15) is 29.8 Å². The molecule has 4 rings (SSSR count). The first-order valence-electron chi connectivity index (χ1n) is 8.40. The number of rotatable bonds is 1. The first-order chi connectivity index (χ1) is 11.6. The van der Waals surface area contributed by atoms with Crippen LogP contribution >= 0.6 is 0 Å². The highest BCUT2D eigenvalue weighted by molar-refractivity contribution is 5.67. The van der Waals surface area contributed by atoms with E-state index in [1.807, 2.05) is 4.57 Å². The Hall–Kier alpha value is -2.34. The number of aryl methyl sites for hydroxylation is 1. The van der Waals surface area contributed by atoms with E-state index >= 15 is 0 Å². The number of piperidine rings is 1. The lowest BCUT2D eigenvalue weighted by atomic mass is 9.70. The fraction of sp³-hybridized carbons (Fsp3) is 0.444. The topological polar surface area (TPSA) is 73.4 Å². The molecule has 1 saturated heterocycles. The molecule has 2 aromatic rings. The smallest absolute Gasteiger partial charge is 0.392 e. The van der Waals surface area contributed by atoms with E-state index in [9.17, 15) is 4.79 Å². The number of fused-ring (bicyclic) bond motifs is 4. The van der Waals surface area contributed by atoms with Gasteiger partial charge in [0.25, 0.3) is 0 Å². The molecule has 3 heterocycles. The van der Waals surface area contributed by atoms with Gasteiger partial charge < -0.3 is 15.4 Å². The summed E-state index contributed by atoms with van der Waals surface area (Å²) in [5, 5.41) is 0. The van der Waals surface area contributed by atoms with Gasteiger partial charge in [-0.1, -0.05) is 24.3 Å². The van der Waals surface area contributed by atoms with Crippen molar-refractivity contribution in [1.29, 1.82) is 0 Å². The molecule has 2 aliphatic heterocycles. The van der Waals surface area contributed by atoms with E-state index in [-0.39, 0.29) is 5.41 Å². The van der Waals surface area contributed by atoms with Crippen molar-refractivity contribution in [3.8, 4) is 5.88 Å². The molecule has 1 amide bonds. The zero-order valence-corrected chi connectivity index (χ0v) is 13.9. The Morgan fingerprint density at radius 3 is 2.75 bits per heavy atom. The van der Waals surface area contributed by atoms with Gasteiger partial charge in [-0.25, -0.2) is 9.78 Å². The minimum atomic E-state index is -0.795. The van der Waals surface area contributed by atoms with Crippen LogP contribution in [-0.4, -0.2) is 40.7 Å². The predicted octanol–water partition coefficient (Wildman–Crippen LogP) is 1.91. The third-order valence-corrected chi connectivity index (χ3v) is 5.43. The summed E-state index contributed by atoms with van der Waals surface area (Å²) in [6.45, 7) is 2.78. The molecule has 0 atom stereocenters. The summed E-state index contributed by atoms with van der Waals surface area (Å²) in [7, 11) is 2.16. The number of imidazole rings is 1. The Balaban J connectivity index is 1.88. The van der Waals surface area contributed by atoms with Gasteiger partial charge in [0, 0.05) is 6.54 Å².